The summed E-state index contributed by atoms with van der Waals surface area (Å²) in [5.41, 5.74) is 5.80. The van der Waals surface area contributed by atoms with Gasteiger partial charge >= 0.3 is 0 Å². The number of hydrazone groups is 1. The second-order valence-electron chi connectivity index (χ2n) is 5.41. The Bertz CT molecular complexity index is 678. The standard InChI is InChI=1S/C19H22N2O2/c1-4-16-8-10-17(11-9-16)13-20-21-19(22)15(3)23-18-7-5-6-14(2)12-18/h5-13,15H,4H2,1-3H3,(H,21,22)/b20-13+. The summed E-state index contributed by atoms with van der Waals surface area (Å²) < 4.78 is 5.60. The number of aryl methyl sites for hydroxylation is 2. The maximum atomic E-state index is 12.0. The van der Waals surface area contributed by atoms with Gasteiger partial charge in [0.2, 0.25) is 0 Å². The zero-order chi connectivity index (χ0) is 16.7. The van der Waals surface area contributed by atoms with Crippen LogP contribution in [-0.4, -0.2) is 18.2 Å². The van der Waals surface area contributed by atoms with E-state index in [2.05, 4.69) is 17.5 Å². The summed E-state index contributed by atoms with van der Waals surface area (Å²) in [4.78, 5) is 12.0. The van der Waals surface area contributed by atoms with Crippen LogP contribution in [0.5, 0.6) is 5.75 Å². The number of carbonyl (C=O) groups excluding carboxylic acids is 1. The van der Waals surface area contributed by atoms with Crippen molar-refractivity contribution in [2.24, 2.45) is 5.10 Å². The number of carbonyl (C=O) groups is 1. The van der Waals surface area contributed by atoms with E-state index in [1.54, 1.807) is 13.1 Å². The van der Waals surface area contributed by atoms with Crippen LogP contribution in [0.2, 0.25) is 0 Å². The van der Waals surface area contributed by atoms with E-state index >= 15 is 0 Å². The molecule has 2 aromatic rings. The van der Waals surface area contributed by atoms with Crippen LogP contribution in [-0.2, 0) is 11.2 Å². The van der Waals surface area contributed by atoms with Crippen molar-refractivity contribution in [3.8, 4) is 5.75 Å². The van der Waals surface area contributed by atoms with Gasteiger partial charge in [0.05, 0.1) is 6.21 Å². The fraction of sp³-hybridized carbons (Fsp3) is 0.263. The molecule has 0 saturated carbocycles. The Morgan fingerprint density at radius 3 is 2.65 bits per heavy atom. The van der Waals surface area contributed by atoms with Gasteiger partial charge in [-0.15, -0.1) is 0 Å². The lowest BCUT2D eigenvalue weighted by Crippen LogP contribution is -2.33. The highest BCUT2D eigenvalue weighted by molar-refractivity contribution is 5.84. The van der Waals surface area contributed by atoms with Gasteiger partial charge in [-0.25, -0.2) is 5.43 Å². The summed E-state index contributed by atoms with van der Waals surface area (Å²) in [6, 6.07) is 15.6. The summed E-state index contributed by atoms with van der Waals surface area (Å²) >= 11 is 0. The van der Waals surface area contributed by atoms with Crippen LogP contribution < -0.4 is 10.2 Å². The van der Waals surface area contributed by atoms with Crippen molar-refractivity contribution in [3.05, 3.63) is 65.2 Å². The fourth-order valence-electron chi connectivity index (χ4n) is 2.05. The summed E-state index contributed by atoms with van der Waals surface area (Å²) in [5.74, 6) is 0.389. The highest BCUT2D eigenvalue weighted by Gasteiger charge is 2.13. The van der Waals surface area contributed by atoms with Gasteiger partial charge in [-0.3, -0.25) is 4.79 Å². The molecule has 4 nitrogen and oxygen atoms in total. The molecule has 0 saturated heterocycles. The SMILES string of the molecule is CCc1ccc(/C=N/NC(=O)C(C)Oc2cccc(C)c2)cc1. The molecule has 1 amide bonds. The zero-order valence-corrected chi connectivity index (χ0v) is 13.7. The van der Waals surface area contributed by atoms with Crippen molar-refractivity contribution in [2.45, 2.75) is 33.3 Å². The Morgan fingerprint density at radius 2 is 2.00 bits per heavy atom. The molecule has 1 N–H and O–H groups in total. The molecule has 4 heteroatoms. The van der Waals surface area contributed by atoms with E-state index in [9.17, 15) is 4.79 Å². The lowest BCUT2D eigenvalue weighted by Gasteiger charge is -2.13. The molecule has 2 aromatic carbocycles. The highest BCUT2D eigenvalue weighted by Crippen LogP contribution is 2.14. The van der Waals surface area contributed by atoms with Gasteiger partial charge in [0.15, 0.2) is 6.10 Å². The Kier molecular flexibility index (Phi) is 5.92. The van der Waals surface area contributed by atoms with E-state index < -0.39 is 6.10 Å². The van der Waals surface area contributed by atoms with Crippen LogP contribution >= 0.6 is 0 Å². The molecule has 0 radical (unpaired) electrons. The summed E-state index contributed by atoms with van der Waals surface area (Å²) in [6.45, 7) is 5.79. The van der Waals surface area contributed by atoms with Gasteiger partial charge in [0.25, 0.3) is 5.91 Å². The molecular weight excluding hydrogens is 288 g/mol. The number of nitrogens with one attached hydrogen (secondary N) is 1. The Labute approximate surface area is 137 Å². The molecule has 120 valence electrons. The molecule has 0 fully saturated rings. The van der Waals surface area contributed by atoms with Gasteiger partial charge in [-0.1, -0.05) is 43.3 Å². The van der Waals surface area contributed by atoms with Crippen molar-refractivity contribution in [1.29, 1.82) is 0 Å². The molecule has 23 heavy (non-hydrogen) atoms. The van der Waals surface area contributed by atoms with E-state index in [0.29, 0.717) is 5.75 Å². The highest BCUT2D eigenvalue weighted by atomic mass is 16.5. The molecule has 0 aliphatic rings. The third-order valence-corrected chi connectivity index (χ3v) is 3.45. The fourth-order valence-corrected chi connectivity index (χ4v) is 2.05. The number of rotatable bonds is 6. The molecule has 0 heterocycles. The molecule has 0 spiro atoms. The summed E-state index contributed by atoms with van der Waals surface area (Å²) in [5, 5.41) is 3.97. The molecule has 0 bridgehead atoms. The molecule has 1 atom stereocenters. The molecular formula is C19H22N2O2. The number of hydrogen-bond acceptors (Lipinski definition) is 3. The number of hydrogen-bond donors (Lipinski definition) is 1. The summed E-state index contributed by atoms with van der Waals surface area (Å²) in [7, 11) is 0. The normalized spacial score (nSPS) is 12.1. The maximum absolute atomic E-state index is 12.0. The zero-order valence-electron chi connectivity index (χ0n) is 13.7. The van der Waals surface area contributed by atoms with Crippen LogP contribution in [0, 0.1) is 6.92 Å². The largest absolute Gasteiger partial charge is 0.481 e. The summed E-state index contributed by atoms with van der Waals surface area (Å²) in [6.07, 6.45) is 2.01. The first kappa shape index (κ1) is 16.7. The number of ether oxygens (including phenoxy) is 1. The Morgan fingerprint density at radius 1 is 1.26 bits per heavy atom. The van der Waals surface area contributed by atoms with Crippen LogP contribution in [0.4, 0.5) is 0 Å². The number of benzene rings is 2. The van der Waals surface area contributed by atoms with Crippen LogP contribution in [0.25, 0.3) is 0 Å². The predicted octanol–water partition coefficient (Wildman–Crippen LogP) is 3.48. The Balaban J connectivity index is 1.86. The molecule has 2 rings (SSSR count). The topological polar surface area (TPSA) is 50.7 Å². The van der Waals surface area contributed by atoms with E-state index in [4.69, 9.17) is 4.74 Å². The van der Waals surface area contributed by atoms with Gasteiger partial charge in [0.1, 0.15) is 5.75 Å². The van der Waals surface area contributed by atoms with E-state index in [1.807, 2.05) is 55.5 Å². The van der Waals surface area contributed by atoms with Gasteiger partial charge < -0.3 is 4.74 Å². The lowest BCUT2D eigenvalue weighted by atomic mass is 10.1. The number of nitrogens with zero attached hydrogens (tertiary/aromatic N) is 1. The van der Waals surface area contributed by atoms with Crippen molar-refractivity contribution >= 4 is 12.1 Å². The minimum Gasteiger partial charge on any atom is -0.481 e. The minimum atomic E-state index is -0.614. The van der Waals surface area contributed by atoms with Gasteiger partial charge in [-0.05, 0) is 49.1 Å². The molecule has 0 aromatic heterocycles. The van der Waals surface area contributed by atoms with Gasteiger partial charge in [0, 0.05) is 0 Å². The first-order valence-electron chi connectivity index (χ1n) is 7.73. The molecule has 1 unspecified atom stereocenters. The maximum Gasteiger partial charge on any atom is 0.280 e. The molecule has 0 aliphatic heterocycles. The van der Waals surface area contributed by atoms with Crippen LogP contribution in [0.3, 0.4) is 0 Å². The van der Waals surface area contributed by atoms with Crippen molar-refractivity contribution in [1.82, 2.24) is 5.43 Å². The first-order chi connectivity index (χ1) is 11.1. The van der Waals surface area contributed by atoms with Crippen LogP contribution in [0.15, 0.2) is 53.6 Å². The third kappa shape index (κ3) is 5.25. The van der Waals surface area contributed by atoms with E-state index in [0.717, 1.165) is 17.5 Å². The Hall–Kier alpha value is -2.62. The van der Waals surface area contributed by atoms with Crippen molar-refractivity contribution in [3.63, 3.8) is 0 Å². The van der Waals surface area contributed by atoms with Gasteiger partial charge in [-0.2, -0.15) is 5.10 Å². The average molecular weight is 310 g/mol. The second-order valence-corrected chi connectivity index (χ2v) is 5.41. The number of amides is 1. The molecule has 0 aliphatic carbocycles. The first-order valence-corrected chi connectivity index (χ1v) is 7.73. The lowest BCUT2D eigenvalue weighted by molar-refractivity contribution is -0.127. The average Bonchev–Trinajstić information content (AvgIpc) is 2.55. The van der Waals surface area contributed by atoms with E-state index in [-0.39, 0.29) is 5.91 Å². The third-order valence-electron chi connectivity index (χ3n) is 3.45. The second kappa shape index (κ2) is 8.13. The smallest absolute Gasteiger partial charge is 0.280 e. The monoisotopic (exact) mass is 310 g/mol. The van der Waals surface area contributed by atoms with Crippen molar-refractivity contribution in [2.75, 3.05) is 0 Å². The van der Waals surface area contributed by atoms with E-state index in [1.165, 1.54) is 5.56 Å². The van der Waals surface area contributed by atoms with Crippen molar-refractivity contribution < 1.29 is 9.53 Å². The minimum absolute atomic E-state index is 0.284. The predicted molar refractivity (Wildman–Crippen MR) is 92.8 cm³/mol. The van der Waals surface area contributed by atoms with Crippen LogP contribution in [0.1, 0.15) is 30.5 Å². The quantitative estimate of drug-likeness (QED) is 0.656.